The molecule has 0 spiro atoms. The van der Waals surface area contributed by atoms with Crippen molar-refractivity contribution in [2.24, 2.45) is 0 Å². The average Bonchev–Trinajstić information content (AvgIpc) is 2.74. The van der Waals surface area contributed by atoms with Crippen molar-refractivity contribution in [2.75, 3.05) is 15.5 Å². The molecule has 1 aliphatic rings. The molecule has 3 aromatic carbocycles. The highest BCUT2D eigenvalue weighted by Gasteiger charge is 2.39. The number of anilines is 3. The maximum Gasteiger partial charge on any atom is 0.260 e. The van der Waals surface area contributed by atoms with E-state index in [0.29, 0.717) is 32.1 Å². The van der Waals surface area contributed by atoms with Crippen LogP contribution < -0.4 is 15.5 Å². The van der Waals surface area contributed by atoms with Crippen molar-refractivity contribution in [1.29, 1.82) is 0 Å². The van der Waals surface area contributed by atoms with Crippen molar-refractivity contribution >= 4 is 62.3 Å². The summed E-state index contributed by atoms with van der Waals surface area (Å²) in [6.07, 6.45) is -0.219. The van der Waals surface area contributed by atoms with Gasteiger partial charge in [0.05, 0.1) is 23.4 Å². The summed E-state index contributed by atoms with van der Waals surface area (Å²) in [4.78, 5) is 40.5. The number of hydrogen-bond acceptors (Lipinski definition) is 3. The van der Waals surface area contributed by atoms with Gasteiger partial charge in [-0.05, 0) is 58.4 Å². The summed E-state index contributed by atoms with van der Waals surface area (Å²) in [5.41, 5.74) is 1.95. The minimum absolute atomic E-state index is 0.219. The molecule has 3 amide bonds. The molecule has 1 atom stereocenters. The molecule has 2 N–H and O–H groups in total. The quantitative estimate of drug-likeness (QED) is 0.525. The van der Waals surface area contributed by atoms with Crippen molar-refractivity contribution in [3.63, 3.8) is 0 Å². The number of carbonyl (C=O) groups excluding carboxylic acids is 3. The third kappa shape index (κ3) is 4.47. The maximum absolute atomic E-state index is 13.5. The summed E-state index contributed by atoms with van der Waals surface area (Å²) in [6, 6.07) is 19.7. The van der Waals surface area contributed by atoms with Crippen LogP contribution in [0.2, 0.25) is 5.02 Å². The van der Waals surface area contributed by atoms with Gasteiger partial charge in [-0.15, -0.1) is 0 Å². The maximum atomic E-state index is 13.5. The van der Waals surface area contributed by atoms with Gasteiger partial charge in [-0.25, -0.2) is 0 Å². The zero-order valence-electron chi connectivity index (χ0n) is 16.1. The van der Waals surface area contributed by atoms with Crippen molar-refractivity contribution in [2.45, 2.75) is 12.5 Å². The lowest BCUT2D eigenvalue weighted by Gasteiger charge is -2.36. The molecule has 31 heavy (non-hydrogen) atoms. The fourth-order valence-electron chi connectivity index (χ4n) is 3.44. The van der Waals surface area contributed by atoms with E-state index in [1.165, 1.54) is 4.90 Å². The summed E-state index contributed by atoms with van der Waals surface area (Å²) in [5, 5.41) is 6.01. The standard InChI is InChI=1S/C23H17BrClN3O3/c24-17-9-2-1-8-16(17)23(31)28-19-11-4-3-10-18(19)27-22(30)20(28)13-21(29)26-15-7-5-6-14(25)12-15/h1-12,20H,13H2,(H,26,29)(H,27,30)/t20-/m0/s1. The second-order valence-electron chi connectivity index (χ2n) is 6.94. The average molecular weight is 499 g/mol. The van der Waals surface area contributed by atoms with E-state index in [9.17, 15) is 14.4 Å². The molecule has 3 aromatic rings. The van der Waals surface area contributed by atoms with E-state index in [1.54, 1.807) is 72.8 Å². The predicted molar refractivity (Wildman–Crippen MR) is 125 cm³/mol. The Labute approximate surface area is 192 Å². The molecule has 4 rings (SSSR count). The first-order valence-corrected chi connectivity index (χ1v) is 10.6. The number of hydrogen-bond donors (Lipinski definition) is 2. The molecule has 8 heteroatoms. The summed E-state index contributed by atoms with van der Waals surface area (Å²) in [5.74, 6) is -1.22. The number of nitrogens with zero attached hydrogens (tertiary/aromatic N) is 1. The number of benzene rings is 3. The number of para-hydroxylation sites is 2. The summed E-state index contributed by atoms with van der Waals surface area (Å²) < 4.78 is 0.602. The molecule has 0 saturated carbocycles. The Morgan fingerprint density at radius 1 is 1.03 bits per heavy atom. The number of rotatable bonds is 4. The number of nitrogens with one attached hydrogen (secondary N) is 2. The number of halogens is 2. The first-order chi connectivity index (χ1) is 14.9. The summed E-state index contributed by atoms with van der Waals surface area (Å²) in [6.45, 7) is 0. The fourth-order valence-corrected chi connectivity index (χ4v) is 4.09. The Bertz CT molecular complexity index is 1180. The second kappa shape index (κ2) is 8.91. The van der Waals surface area contributed by atoms with Gasteiger partial charge in [0, 0.05) is 15.2 Å². The normalized spacial score (nSPS) is 15.1. The van der Waals surface area contributed by atoms with Crippen LogP contribution >= 0.6 is 27.5 Å². The minimum atomic E-state index is -1.02. The molecule has 1 heterocycles. The van der Waals surface area contributed by atoms with E-state index in [0.717, 1.165) is 0 Å². The molecule has 0 aliphatic carbocycles. The van der Waals surface area contributed by atoms with Gasteiger partial charge in [-0.3, -0.25) is 19.3 Å². The molecule has 0 bridgehead atoms. The highest BCUT2D eigenvalue weighted by molar-refractivity contribution is 9.10. The van der Waals surface area contributed by atoms with E-state index >= 15 is 0 Å². The third-order valence-electron chi connectivity index (χ3n) is 4.85. The van der Waals surface area contributed by atoms with Crippen molar-refractivity contribution in [3.05, 3.63) is 87.9 Å². The van der Waals surface area contributed by atoms with Crippen LogP contribution in [0.25, 0.3) is 0 Å². The lowest BCUT2D eigenvalue weighted by atomic mass is 10.0. The van der Waals surface area contributed by atoms with Crippen LogP contribution in [-0.4, -0.2) is 23.8 Å². The van der Waals surface area contributed by atoms with Gasteiger partial charge in [0.15, 0.2) is 0 Å². The largest absolute Gasteiger partial charge is 0.326 e. The van der Waals surface area contributed by atoms with Gasteiger partial charge in [-0.2, -0.15) is 0 Å². The van der Waals surface area contributed by atoms with Crippen molar-refractivity contribution in [3.8, 4) is 0 Å². The van der Waals surface area contributed by atoms with Crippen LogP contribution in [0.3, 0.4) is 0 Å². The molecule has 1 aliphatic heterocycles. The first-order valence-electron chi connectivity index (χ1n) is 9.47. The van der Waals surface area contributed by atoms with Gasteiger partial charge < -0.3 is 10.6 Å². The smallest absolute Gasteiger partial charge is 0.260 e. The van der Waals surface area contributed by atoms with E-state index in [1.807, 2.05) is 0 Å². The van der Waals surface area contributed by atoms with Crippen LogP contribution in [0.1, 0.15) is 16.8 Å². The van der Waals surface area contributed by atoms with Gasteiger partial charge in [0.25, 0.3) is 5.91 Å². The van der Waals surface area contributed by atoms with E-state index in [4.69, 9.17) is 11.6 Å². The summed E-state index contributed by atoms with van der Waals surface area (Å²) in [7, 11) is 0. The van der Waals surface area contributed by atoms with Gasteiger partial charge in [0.1, 0.15) is 6.04 Å². The Morgan fingerprint density at radius 2 is 1.77 bits per heavy atom. The Balaban J connectivity index is 1.67. The molecule has 6 nitrogen and oxygen atoms in total. The molecular formula is C23H17BrClN3O3. The third-order valence-corrected chi connectivity index (χ3v) is 5.77. The van der Waals surface area contributed by atoms with Crippen molar-refractivity contribution in [1.82, 2.24) is 0 Å². The van der Waals surface area contributed by atoms with Crippen LogP contribution in [-0.2, 0) is 9.59 Å². The highest BCUT2D eigenvalue weighted by atomic mass is 79.9. The second-order valence-corrected chi connectivity index (χ2v) is 8.23. The molecule has 0 unspecified atom stereocenters. The van der Waals surface area contributed by atoms with Crippen LogP contribution in [0.15, 0.2) is 77.3 Å². The van der Waals surface area contributed by atoms with Crippen LogP contribution in [0.4, 0.5) is 17.1 Å². The van der Waals surface area contributed by atoms with Crippen LogP contribution in [0, 0.1) is 0 Å². The minimum Gasteiger partial charge on any atom is -0.326 e. The number of fused-ring (bicyclic) bond motifs is 1. The molecule has 0 radical (unpaired) electrons. The first kappa shape index (κ1) is 21.1. The van der Waals surface area contributed by atoms with E-state index in [2.05, 4.69) is 26.6 Å². The molecule has 0 saturated heterocycles. The highest BCUT2D eigenvalue weighted by Crippen LogP contribution is 2.35. The molecule has 0 fully saturated rings. The molecular weight excluding hydrogens is 482 g/mol. The molecule has 156 valence electrons. The van der Waals surface area contributed by atoms with E-state index < -0.39 is 17.9 Å². The molecule has 0 aromatic heterocycles. The van der Waals surface area contributed by atoms with Gasteiger partial charge >= 0.3 is 0 Å². The lowest BCUT2D eigenvalue weighted by Crippen LogP contribution is -2.52. The zero-order chi connectivity index (χ0) is 22.0. The zero-order valence-corrected chi connectivity index (χ0v) is 18.5. The topological polar surface area (TPSA) is 78.5 Å². The SMILES string of the molecule is O=C(C[C@H]1C(=O)Nc2ccccc2N1C(=O)c1ccccc1Br)Nc1cccc(Cl)c1. The Kier molecular flexibility index (Phi) is 6.06. The monoisotopic (exact) mass is 497 g/mol. The van der Waals surface area contributed by atoms with Gasteiger partial charge in [0.2, 0.25) is 11.8 Å². The number of amides is 3. The van der Waals surface area contributed by atoms with Crippen molar-refractivity contribution < 1.29 is 14.4 Å². The fraction of sp³-hybridized carbons (Fsp3) is 0.0870. The van der Waals surface area contributed by atoms with Gasteiger partial charge in [-0.1, -0.05) is 41.9 Å². The van der Waals surface area contributed by atoms with Crippen LogP contribution in [0.5, 0.6) is 0 Å². The number of carbonyl (C=O) groups is 3. The summed E-state index contributed by atoms with van der Waals surface area (Å²) >= 11 is 9.37. The lowest BCUT2D eigenvalue weighted by molar-refractivity contribution is -0.122. The Morgan fingerprint density at radius 3 is 2.55 bits per heavy atom. The van der Waals surface area contributed by atoms with E-state index in [-0.39, 0.29) is 12.3 Å². The predicted octanol–water partition coefficient (Wildman–Crippen LogP) is 5.10. The Hall–Kier alpha value is -3.16.